The zero-order chi connectivity index (χ0) is 15.9. The zero-order valence-corrected chi connectivity index (χ0v) is 14.3. The molecule has 6 heteroatoms. The first-order chi connectivity index (χ1) is 10.6. The number of ether oxygens (including phenoxy) is 2. The van der Waals surface area contributed by atoms with Crippen molar-refractivity contribution >= 4 is 30.0 Å². The molecule has 2 N–H and O–H groups in total. The van der Waals surface area contributed by atoms with Crippen LogP contribution in [0.15, 0.2) is 48.5 Å². The molecule has 0 radical (unpaired) electrons. The largest absolute Gasteiger partial charge is 0.489 e. The second-order valence-electron chi connectivity index (χ2n) is 4.89. The number of carbonyl (C=O) groups is 1. The number of hydrogen-bond donors (Lipinski definition) is 1. The van der Waals surface area contributed by atoms with Crippen molar-refractivity contribution in [2.45, 2.75) is 19.1 Å². The average molecular weight is 356 g/mol. The van der Waals surface area contributed by atoms with Gasteiger partial charge in [0.1, 0.15) is 18.4 Å². The van der Waals surface area contributed by atoms with Crippen molar-refractivity contribution in [1.82, 2.24) is 0 Å². The molecule has 2 aromatic carbocycles. The second kappa shape index (κ2) is 9.40. The fraction of sp³-hybridized carbons (Fsp3) is 0.235. The molecule has 0 fully saturated rings. The molecule has 2 rings (SSSR count). The molecule has 0 aliphatic carbocycles. The summed E-state index contributed by atoms with van der Waals surface area (Å²) >= 11 is 5.84. The Bertz CT molecular complexity index is 615. The van der Waals surface area contributed by atoms with Gasteiger partial charge in [-0.1, -0.05) is 35.9 Å². The highest BCUT2D eigenvalue weighted by molar-refractivity contribution is 6.30. The molecule has 0 bridgehead atoms. The number of rotatable bonds is 6. The van der Waals surface area contributed by atoms with Gasteiger partial charge in [0.15, 0.2) is 0 Å². The van der Waals surface area contributed by atoms with Crippen LogP contribution in [0, 0.1) is 0 Å². The van der Waals surface area contributed by atoms with Gasteiger partial charge in [-0.05, 0) is 41.8 Å². The third kappa shape index (κ3) is 6.10. The maximum Gasteiger partial charge on any atom is 0.322 e. The highest BCUT2D eigenvalue weighted by Gasteiger charge is 2.13. The normalized spacial score (nSPS) is 11.3. The lowest BCUT2D eigenvalue weighted by Crippen LogP contribution is -2.33. The number of esters is 1. The minimum atomic E-state index is -0.647. The fourth-order valence-corrected chi connectivity index (χ4v) is 2.08. The van der Waals surface area contributed by atoms with E-state index in [1.807, 2.05) is 48.5 Å². The van der Waals surface area contributed by atoms with Gasteiger partial charge < -0.3 is 15.2 Å². The van der Waals surface area contributed by atoms with Crippen LogP contribution in [0.2, 0.25) is 5.02 Å². The summed E-state index contributed by atoms with van der Waals surface area (Å²) in [6, 6.07) is 14.4. The summed E-state index contributed by atoms with van der Waals surface area (Å²) in [4.78, 5) is 11.3. The molecule has 0 unspecified atom stereocenters. The summed E-state index contributed by atoms with van der Waals surface area (Å²) in [6.07, 6.45) is 0.435. The van der Waals surface area contributed by atoms with Crippen LogP contribution >= 0.6 is 24.0 Å². The van der Waals surface area contributed by atoms with E-state index >= 15 is 0 Å². The smallest absolute Gasteiger partial charge is 0.322 e. The molecule has 0 spiro atoms. The molecule has 0 aromatic heterocycles. The molecule has 0 amide bonds. The van der Waals surface area contributed by atoms with Crippen LogP contribution in [0.5, 0.6) is 5.75 Å². The molecular weight excluding hydrogens is 337 g/mol. The monoisotopic (exact) mass is 355 g/mol. The van der Waals surface area contributed by atoms with E-state index in [9.17, 15) is 4.79 Å². The molecule has 0 heterocycles. The number of hydrogen-bond acceptors (Lipinski definition) is 4. The molecule has 124 valence electrons. The van der Waals surface area contributed by atoms with Gasteiger partial charge >= 0.3 is 5.97 Å². The third-order valence-electron chi connectivity index (χ3n) is 3.20. The highest BCUT2D eigenvalue weighted by Crippen LogP contribution is 2.16. The Hall–Kier alpha value is -1.75. The topological polar surface area (TPSA) is 61.5 Å². The summed E-state index contributed by atoms with van der Waals surface area (Å²) in [5.74, 6) is 0.341. The number of methoxy groups -OCH3 is 1. The first kappa shape index (κ1) is 19.3. The molecule has 23 heavy (non-hydrogen) atoms. The SMILES string of the molecule is COC(=O)[C@@H](N)Cc1ccc(OCc2ccc(Cl)cc2)cc1.Cl. The first-order valence-corrected chi connectivity index (χ1v) is 7.26. The predicted octanol–water partition coefficient (Wildman–Crippen LogP) is 3.38. The van der Waals surface area contributed by atoms with Crippen LogP contribution in [0.4, 0.5) is 0 Å². The molecule has 1 atom stereocenters. The number of halogens is 2. The first-order valence-electron chi connectivity index (χ1n) is 6.88. The van der Waals surface area contributed by atoms with Crippen molar-refractivity contribution in [3.05, 3.63) is 64.7 Å². The Labute approximate surface area is 146 Å². The number of nitrogens with two attached hydrogens (primary N) is 1. The summed E-state index contributed by atoms with van der Waals surface area (Å²) in [5.41, 5.74) is 7.73. The molecule has 4 nitrogen and oxygen atoms in total. The van der Waals surface area contributed by atoms with Gasteiger partial charge in [0, 0.05) is 5.02 Å². The van der Waals surface area contributed by atoms with Crippen LogP contribution in [-0.4, -0.2) is 19.1 Å². The van der Waals surface area contributed by atoms with Gasteiger partial charge in [-0.2, -0.15) is 0 Å². The highest BCUT2D eigenvalue weighted by atomic mass is 35.5. The minimum absolute atomic E-state index is 0. The standard InChI is InChI=1S/C17H18ClNO3.ClH/c1-21-17(20)16(19)10-12-4-8-15(9-5-12)22-11-13-2-6-14(18)7-3-13;/h2-9,16H,10-11,19H2,1H3;1H/t16-;/m0./s1. The van der Waals surface area contributed by atoms with E-state index in [1.165, 1.54) is 7.11 Å². The van der Waals surface area contributed by atoms with Gasteiger partial charge in [-0.15, -0.1) is 12.4 Å². The van der Waals surface area contributed by atoms with Crippen molar-refractivity contribution in [2.24, 2.45) is 5.73 Å². The van der Waals surface area contributed by atoms with Crippen molar-refractivity contribution in [2.75, 3.05) is 7.11 Å². The Balaban J connectivity index is 0.00000264. The Morgan fingerprint density at radius 1 is 1.09 bits per heavy atom. The Morgan fingerprint density at radius 3 is 2.22 bits per heavy atom. The van der Waals surface area contributed by atoms with Gasteiger partial charge in [-0.3, -0.25) is 4.79 Å². The number of carbonyl (C=O) groups excluding carboxylic acids is 1. The zero-order valence-electron chi connectivity index (χ0n) is 12.7. The van der Waals surface area contributed by atoms with Gasteiger partial charge in [-0.25, -0.2) is 0 Å². The molecule has 0 saturated heterocycles. The van der Waals surface area contributed by atoms with Crippen molar-refractivity contribution in [3.8, 4) is 5.75 Å². The molecule has 0 aliphatic rings. The second-order valence-corrected chi connectivity index (χ2v) is 5.33. The molecule has 2 aromatic rings. The number of benzene rings is 2. The van der Waals surface area contributed by atoms with E-state index in [0.29, 0.717) is 18.1 Å². The minimum Gasteiger partial charge on any atom is -0.489 e. The van der Waals surface area contributed by atoms with E-state index in [1.54, 1.807) is 0 Å². The maximum absolute atomic E-state index is 11.3. The Morgan fingerprint density at radius 2 is 1.65 bits per heavy atom. The van der Waals surface area contributed by atoms with E-state index < -0.39 is 12.0 Å². The van der Waals surface area contributed by atoms with Crippen molar-refractivity contribution < 1.29 is 14.3 Å². The summed E-state index contributed by atoms with van der Waals surface area (Å²) in [5, 5.41) is 0.704. The van der Waals surface area contributed by atoms with E-state index in [2.05, 4.69) is 4.74 Å². The Kier molecular flexibility index (Phi) is 7.89. The molecule has 0 saturated carbocycles. The van der Waals surface area contributed by atoms with Crippen LogP contribution in [-0.2, 0) is 22.6 Å². The maximum atomic E-state index is 11.3. The lowest BCUT2D eigenvalue weighted by atomic mass is 10.1. The molecule has 0 aliphatic heterocycles. The van der Waals surface area contributed by atoms with E-state index in [0.717, 1.165) is 16.9 Å². The van der Waals surface area contributed by atoms with Crippen LogP contribution in [0.3, 0.4) is 0 Å². The van der Waals surface area contributed by atoms with Crippen LogP contribution < -0.4 is 10.5 Å². The van der Waals surface area contributed by atoms with Crippen molar-refractivity contribution in [3.63, 3.8) is 0 Å². The van der Waals surface area contributed by atoms with E-state index in [4.69, 9.17) is 22.1 Å². The summed E-state index contributed by atoms with van der Waals surface area (Å²) in [6.45, 7) is 0.470. The average Bonchev–Trinajstić information content (AvgIpc) is 2.55. The van der Waals surface area contributed by atoms with Gasteiger partial charge in [0.25, 0.3) is 0 Å². The van der Waals surface area contributed by atoms with Crippen LogP contribution in [0.1, 0.15) is 11.1 Å². The van der Waals surface area contributed by atoms with Crippen LogP contribution in [0.25, 0.3) is 0 Å². The molecular formula is C17H19Cl2NO3. The quantitative estimate of drug-likeness (QED) is 0.806. The lowest BCUT2D eigenvalue weighted by molar-refractivity contribution is -0.142. The predicted molar refractivity (Wildman–Crippen MR) is 93.2 cm³/mol. The third-order valence-corrected chi connectivity index (χ3v) is 3.45. The summed E-state index contributed by atoms with van der Waals surface area (Å²) in [7, 11) is 1.33. The van der Waals surface area contributed by atoms with E-state index in [-0.39, 0.29) is 12.4 Å². The van der Waals surface area contributed by atoms with Gasteiger partial charge in [0.05, 0.1) is 7.11 Å². The summed E-state index contributed by atoms with van der Waals surface area (Å²) < 4.78 is 10.3. The fourth-order valence-electron chi connectivity index (χ4n) is 1.96. The lowest BCUT2D eigenvalue weighted by Gasteiger charge is -2.10. The van der Waals surface area contributed by atoms with Gasteiger partial charge in [0.2, 0.25) is 0 Å². The van der Waals surface area contributed by atoms with Crippen molar-refractivity contribution in [1.29, 1.82) is 0 Å².